The standard InChI is InChI=1S/C14H19N3O/c1-17(2)8-3-9-18-14-5-4-13(15)12-10-16-7-6-11(12)14/h4-7,10H,3,8-9,15H2,1-2H3. The first kappa shape index (κ1) is 12.6. The molecule has 1 aromatic carbocycles. The summed E-state index contributed by atoms with van der Waals surface area (Å²) < 4.78 is 5.81. The van der Waals surface area contributed by atoms with Gasteiger partial charge in [-0.15, -0.1) is 0 Å². The van der Waals surface area contributed by atoms with E-state index in [-0.39, 0.29) is 0 Å². The first-order valence-corrected chi connectivity index (χ1v) is 6.08. The highest BCUT2D eigenvalue weighted by Gasteiger charge is 2.04. The molecule has 96 valence electrons. The van der Waals surface area contributed by atoms with Crippen molar-refractivity contribution in [3.63, 3.8) is 0 Å². The van der Waals surface area contributed by atoms with Crippen LogP contribution in [0.1, 0.15) is 6.42 Å². The lowest BCUT2D eigenvalue weighted by Crippen LogP contribution is -2.15. The van der Waals surface area contributed by atoms with E-state index in [4.69, 9.17) is 10.5 Å². The van der Waals surface area contributed by atoms with Crippen LogP contribution >= 0.6 is 0 Å². The zero-order chi connectivity index (χ0) is 13.0. The SMILES string of the molecule is CN(C)CCCOc1ccc(N)c2cnccc12. The number of nitrogens with two attached hydrogens (primary N) is 1. The molecule has 0 saturated heterocycles. The van der Waals surface area contributed by atoms with Crippen molar-refractivity contribution in [1.82, 2.24) is 9.88 Å². The van der Waals surface area contributed by atoms with Crippen LogP contribution in [0.5, 0.6) is 5.75 Å². The number of anilines is 1. The van der Waals surface area contributed by atoms with Crippen LogP contribution in [0.15, 0.2) is 30.6 Å². The van der Waals surface area contributed by atoms with E-state index in [9.17, 15) is 0 Å². The zero-order valence-corrected chi connectivity index (χ0v) is 10.9. The lowest BCUT2D eigenvalue weighted by atomic mass is 10.1. The third-order valence-electron chi connectivity index (χ3n) is 2.82. The van der Waals surface area contributed by atoms with E-state index in [0.717, 1.165) is 35.2 Å². The maximum absolute atomic E-state index is 5.92. The average Bonchev–Trinajstić information content (AvgIpc) is 2.37. The summed E-state index contributed by atoms with van der Waals surface area (Å²) in [4.78, 5) is 6.24. The van der Waals surface area contributed by atoms with Gasteiger partial charge < -0.3 is 15.4 Å². The van der Waals surface area contributed by atoms with E-state index in [0.29, 0.717) is 6.61 Å². The molecule has 0 bridgehead atoms. The van der Waals surface area contributed by atoms with Crippen molar-refractivity contribution >= 4 is 16.5 Å². The number of hydrogen-bond acceptors (Lipinski definition) is 4. The van der Waals surface area contributed by atoms with E-state index in [1.165, 1.54) is 0 Å². The Morgan fingerprint density at radius 2 is 2.06 bits per heavy atom. The summed E-state index contributed by atoms with van der Waals surface area (Å²) in [6, 6.07) is 5.73. The first-order valence-electron chi connectivity index (χ1n) is 6.08. The molecule has 0 amide bonds. The van der Waals surface area contributed by atoms with E-state index < -0.39 is 0 Å². The van der Waals surface area contributed by atoms with Gasteiger partial charge in [0.25, 0.3) is 0 Å². The van der Waals surface area contributed by atoms with Gasteiger partial charge in [-0.05, 0) is 38.7 Å². The smallest absolute Gasteiger partial charge is 0.127 e. The van der Waals surface area contributed by atoms with Crippen LogP contribution < -0.4 is 10.5 Å². The lowest BCUT2D eigenvalue weighted by Gasteiger charge is -2.12. The number of hydrogen-bond donors (Lipinski definition) is 1. The summed E-state index contributed by atoms with van der Waals surface area (Å²) in [6.45, 7) is 1.73. The van der Waals surface area contributed by atoms with Gasteiger partial charge in [0.05, 0.1) is 6.61 Å². The van der Waals surface area contributed by atoms with Crippen molar-refractivity contribution < 1.29 is 4.74 Å². The third-order valence-corrected chi connectivity index (χ3v) is 2.82. The number of nitrogens with zero attached hydrogens (tertiary/aromatic N) is 2. The fourth-order valence-electron chi connectivity index (χ4n) is 1.87. The summed E-state index contributed by atoms with van der Waals surface area (Å²) in [6.07, 6.45) is 4.54. The molecule has 4 nitrogen and oxygen atoms in total. The zero-order valence-electron chi connectivity index (χ0n) is 10.9. The molecule has 0 atom stereocenters. The van der Waals surface area contributed by atoms with Crippen LogP contribution in [-0.2, 0) is 0 Å². The van der Waals surface area contributed by atoms with E-state index >= 15 is 0 Å². The average molecular weight is 245 g/mol. The quantitative estimate of drug-likeness (QED) is 0.647. The van der Waals surface area contributed by atoms with Gasteiger partial charge in [0.1, 0.15) is 5.75 Å². The fraction of sp³-hybridized carbons (Fsp3) is 0.357. The van der Waals surface area contributed by atoms with Crippen LogP contribution in [0.2, 0.25) is 0 Å². The molecule has 0 radical (unpaired) electrons. The topological polar surface area (TPSA) is 51.4 Å². The largest absolute Gasteiger partial charge is 0.493 e. The predicted molar refractivity (Wildman–Crippen MR) is 74.8 cm³/mol. The monoisotopic (exact) mass is 245 g/mol. The Labute approximate surface area is 107 Å². The van der Waals surface area contributed by atoms with Crippen LogP contribution in [0.25, 0.3) is 10.8 Å². The molecular formula is C14H19N3O. The molecule has 18 heavy (non-hydrogen) atoms. The second-order valence-electron chi connectivity index (χ2n) is 4.58. The molecule has 1 aromatic heterocycles. The number of aromatic nitrogens is 1. The molecule has 2 N–H and O–H groups in total. The molecule has 2 aromatic rings. The van der Waals surface area contributed by atoms with E-state index in [2.05, 4.69) is 24.0 Å². The molecule has 0 fully saturated rings. The van der Waals surface area contributed by atoms with Crippen molar-refractivity contribution in [1.29, 1.82) is 0 Å². The van der Waals surface area contributed by atoms with Gasteiger partial charge >= 0.3 is 0 Å². The first-order chi connectivity index (χ1) is 8.68. The normalized spacial score (nSPS) is 11.1. The van der Waals surface area contributed by atoms with E-state index in [1.807, 2.05) is 18.2 Å². The molecule has 1 heterocycles. The molecule has 0 aliphatic carbocycles. The van der Waals surface area contributed by atoms with Gasteiger partial charge in [0.2, 0.25) is 0 Å². The molecule has 0 spiro atoms. The Morgan fingerprint density at radius 1 is 1.22 bits per heavy atom. The van der Waals surface area contributed by atoms with E-state index in [1.54, 1.807) is 12.4 Å². The van der Waals surface area contributed by atoms with Crippen LogP contribution in [0.3, 0.4) is 0 Å². The molecule has 4 heteroatoms. The molecule has 0 unspecified atom stereocenters. The lowest BCUT2D eigenvalue weighted by molar-refractivity contribution is 0.284. The summed E-state index contributed by atoms with van der Waals surface area (Å²) in [5, 5.41) is 1.97. The minimum atomic E-state index is 0.708. The summed E-state index contributed by atoms with van der Waals surface area (Å²) in [5.74, 6) is 0.875. The summed E-state index contributed by atoms with van der Waals surface area (Å²) in [5.41, 5.74) is 6.65. The van der Waals surface area contributed by atoms with Gasteiger partial charge in [-0.1, -0.05) is 0 Å². The highest BCUT2D eigenvalue weighted by molar-refractivity contribution is 5.96. The maximum atomic E-state index is 5.92. The number of fused-ring (bicyclic) bond motifs is 1. The van der Waals surface area contributed by atoms with Gasteiger partial charge in [0, 0.05) is 35.4 Å². The number of ether oxygens (including phenoxy) is 1. The Kier molecular flexibility index (Phi) is 3.99. The van der Waals surface area contributed by atoms with Crippen LogP contribution in [-0.4, -0.2) is 37.1 Å². The van der Waals surface area contributed by atoms with Gasteiger partial charge in [-0.25, -0.2) is 0 Å². The minimum absolute atomic E-state index is 0.708. The number of benzene rings is 1. The molecule has 0 aliphatic rings. The minimum Gasteiger partial charge on any atom is -0.493 e. The van der Waals surface area contributed by atoms with Crippen LogP contribution in [0, 0.1) is 0 Å². The van der Waals surface area contributed by atoms with Crippen molar-refractivity contribution in [3.8, 4) is 5.75 Å². The fourth-order valence-corrected chi connectivity index (χ4v) is 1.87. The van der Waals surface area contributed by atoms with Crippen LogP contribution in [0.4, 0.5) is 5.69 Å². The number of rotatable bonds is 5. The molecular weight excluding hydrogens is 226 g/mol. The Bertz CT molecular complexity index is 525. The second kappa shape index (κ2) is 5.69. The summed E-state index contributed by atoms with van der Waals surface area (Å²) in [7, 11) is 4.12. The Hall–Kier alpha value is -1.81. The highest BCUT2D eigenvalue weighted by Crippen LogP contribution is 2.29. The highest BCUT2D eigenvalue weighted by atomic mass is 16.5. The maximum Gasteiger partial charge on any atom is 0.127 e. The Morgan fingerprint density at radius 3 is 2.83 bits per heavy atom. The molecule has 2 rings (SSSR count). The number of nitrogen functional groups attached to an aromatic ring is 1. The van der Waals surface area contributed by atoms with Crippen molar-refractivity contribution in [2.45, 2.75) is 6.42 Å². The van der Waals surface area contributed by atoms with Gasteiger partial charge in [-0.3, -0.25) is 4.98 Å². The van der Waals surface area contributed by atoms with Crippen molar-refractivity contribution in [3.05, 3.63) is 30.6 Å². The van der Waals surface area contributed by atoms with Crippen molar-refractivity contribution in [2.24, 2.45) is 0 Å². The third kappa shape index (κ3) is 2.90. The predicted octanol–water partition coefficient (Wildman–Crippen LogP) is 2.15. The van der Waals surface area contributed by atoms with Gasteiger partial charge in [0.15, 0.2) is 0 Å². The molecule has 0 aliphatic heterocycles. The second-order valence-corrected chi connectivity index (χ2v) is 4.58. The molecule has 0 saturated carbocycles. The Balaban J connectivity index is 2.11. The number of pyridine rings is 1. The van der Waals surface area contributed by atoms with Crippen molar-refractivity contribution in [2.75, 3.05) is 33.0 Å². The summed E-state index contributed by atoms with van der Waals surface area (Å²) >= 11 is 0. The van der Waals surface area contributed by atoms with Gasteiger partial charge in [-0.2, -0.15) is 0 Å².